The molecule has 154 valence electrons. The topological polar surface area (TPSA) is 57.1 Å². The zero-order chi connectivity index (χ0) is 20.9. The van der Waals surface area contributed by atoms with Gasteiger partial charge in [0.25, 0.3) is 0 Å². The molecule has 0 saturated carbocycles. The Morgan fingerprint density at radius 2 is 1.93 bits per heavy atom. The zero-order valence-electron chi connectivity index (χ0n) is 17.7. The molecule has 0 fully saturated rings. The quantitative estimate of drug-likeness (QED) is 0.419. The summed E-state index contributed by atoms with van der Waals surface area (Å²) in [5.41, 5.74) is 5.51. The second-order valence-electron chi connectivity index (χ2n) is 8.75. The maximum Gasteiger partial charge on any atom is 0.235 e. The molecule has 0 amide bonds. The molecule has 1 aliphatic heterocycles. The number of nitrogens with zero attached hydrogens (tertiary/aromatic N) is 3. The van der Waals surface area contributed by atoms with Crippen LogP contribution in [0.15, 0.2) is 36.7 Å². The highest BCUT2D eigenvalue weighted by Gasteiger charge is 2.32. The maximum atomic E-state index is 6.14. The van der Waals surface area contributed by atoms with Gasteiger partial charge in [0.15, 0.2) is 0 Å². The van der Waals surface area contributed by atoms with Crippen molar-refractivity contribution in [3.8, 4) is 5.88 Å². The van der Waals surface area contributed by atoms with E-state index in [-0.39, 0.29) is 5.60 Å². The lowest BCUT2D eigenvalue weighted by Crippen LogP contribution is -2.32. The summed E-state index contributed by atoms with van der Waals surface area (Å²) in [4.78, 5) is 15.2. The van der Waals surface area contributed by atoms with E-state index in [9.17, 15) is 0 Å². The minimum absolute atomic E-state index is 0.205. The average Bonchev–Trinajstić information content (AvgIpc) is 3.11. The third-order valence-electron chi connectivity index (χ3n) is 5.59. The van der Waals surface area contributed by atoms with Gasteiger partial charge in [0.2, 0.25) is 5.88 Å². The number of fused-ring (bicyclic) bond motifs is 5. The van der Waals surface area contributed by atoms with Crippen molar-refractivity contribution < 1.29 is 9.47 Å². The third-order valence-corrected chi connectivity index (χ3v) is 6.65. The van der Waals surface area contributed by atoms with Gasteiger partial charge in [-0.15, -0.1) is 11.3 Å². The van der Waals surface area contributed by atoms with Crippen LogP contribution < -0.4 is 4.74 Å². The first-order valence-electron chi connectivity index (χ1n) is 10.3. The molecule has 0 saturated heterocycles. The van der Waals surface area contributed by atoms with Crippen molar-refractivity contribution >= 4 is 31.8 Å². The van der Waals surface area contributed by atoms with Crippen LogP contribution in [0.3, 0.4) is 0 Å². The van der Waals surface area contributed by atoms with E-state index < -0.39 is 0 Å². The van der Waals surface area contributed by atoms with Crippen LogP contribution in [0.1, 0.15) is 56.0 Å². The van der Waals surface area contributed by atoms with Crippen LogP contribution in [0.5, 0.6) is 5.88 Å². The molecule has 0 radical (unpaired) electrons. The van der Waals surface area contributed by atoms with E-state index in [0.717, 1.165) is 38.1 Å². The standard InChI is InChI=1S/C24H25N3O2S/c1-14(2)19-17-12-29-24(3,4)10-16(17)18-20-21(30-23(18)27-19)22(26-13-25-20)28-11-15-8-6-5-7-9-15/h5-9,13-14H,10-12H2,1-4H3. The van der Waals surface area contributed by atoms with Crippen LogP contribution >= 0.6 is 11.3 Å². The summed E-state index contributed by atoms with van der Waals surface area (Å²) in [5, 5.41) is 1.14. The molecule has 1 aromatic carbocycles. The summed E-state index contributed by atoms with van der Waals surface area (Å²) < 4.78 is 13.2. The molecule has 0 atom stereocenters. The lowest BCUT2D eigenvalue weighted by atomic mass is 9.87. The van der Waals surface area contributed by atoms with E-state index in [1.54, 1.807) is 17.7 Å². The summed E-state index contributed by atoms with van der Waals surface area (Å²) in [6.07, 6.45) is 2.44. The number of hydrogen-bond acceptors (Lipinski definition) is 6. The molecular weight excluding hydrogens is 394 g/mol. The molecular formula is C24H25N3O2S. The van der Waals surface area contributed by atoms with E-state index >= 15 is 0 Å². The van der Waals surface area contributed by atoms with E-state index in [2.05, 4.69) is 49.8 Å². The van der Waals surface area contributed by atoms with Gasteiger partial charge in [0, 0.05) is 17.4 Å². The minimum Gasteiger partial charge on any atom is -0.472 e. The van der Waals surface area contributed by atoms with Crippen molar-refractivity contribution in [1.82, 2.24) is 15.0 Å². The summed E-state index contributed by atoms with van der Waals surface area (Å²) in [6.45, 7) is 9.75. The summed E-state index contributed by atoms with van der Waals surface area (Å²) >= 11 is 1.63. The highest BCUT2D eigenvalue weighted by atomic mass is 32.1. The van der Waals surface area contributed by atoms with Crippen molar-refractivity contribution in [2.24, 2.45) is 0 Å². The zero-order valence-corrected chi connectivity index (χ0v) is 18.5. The predicted octanol–water partition coefficient (Wildman–Crippen LogP) is 5.79. The molecule has 3 aromatic heterocycles. The van der Waals surface area contributed by atoms with Crippen molar-refractivity contribution in [2.45, 2.75) is 58.8 Å². The molecule has 30 heavy (non-hydrogen) atoms. The van der Waals surface area contributed by atoms with E-state index in [0.29, 0.717) is 25.0 Å². The first-order chi connectivity index (χ1) is 14.4. The number of hydrogen-bond donors (Lipinski definition) is 0. The van der Waals surface area contributed by atoms with Crippen LogP contribution in [-0.4, -0.2) is 20.6 Å². The lowest BCUT2D eigenvalue weighted by Gasteiger charge is -2.33. The molecule has 4 aromatic rings. The monoisotopic (exact) mass is 419 g/mol. The number of pyridine rings is 1. The van der Waals surface area contributed by atoms with Crippen LogP contribution in [-0.2, 0) is 24.4 Å². The van der Waals surface area contributed by atoms with Crippen LogP contribution in [0.4, 0.5) is 0 Å². The molecule has 0 bridgehead atoms. The third kappa shape index (κ3) is 3.34. The molecule has 0 unspecified atom stereocenters. The van der Waals surface area contributed by atoms with Gasteiger partial charge in [-0.25, -0.2) is 15.0 Å². The molecule has 5 nitrogen and oxygen atoms in total. The Labute approximate surface area is 180 Å². The highest BCUT2D eigenvalue weighted by molar-refractivity contribution is 7.25. The van der Waals surface area contributed by atoms with Crippen LogP contribution in [0.25, 0.3) is 20.4 Å². The molecule has 0 spiro atoms. The van der Waals surface area contributed by atoms with Gasteiger partial charge in [-0.3, -0.25) is 0 Å². The van der Waals surface area contributed by atoms with Gasteiger partial charge in [-0.2, -0.15) is 0 Å². The maximum absolute atomic E-state index is 6.14. The van der Waals surface area contributed by atoms with Crippen LogP contribution in [0.2, 0.25) is 0 Å². The minimum atomic E-state index is -0.205. The van der Waals surface area contributed by atoms with E-state index in [4.69, 9.17) is 14.5 Å². The molecule has 0 aliphatic carbocycles. The summed E-state index contributed by atoms with van der Waals surface area (Å²) in [5.74, 6) is 0.955. The second kappa shape index (κ2) is 7.29. The Hall–Kier alpha value is -2.57. The van der Waals surface area contributed by atoms with Gasteiger partial charge in [0.05, 0.1) is 23.4 Å². The first-order valence-corrected chi connectivity index (χ1v) is 11.1. The Kier molecular flexibility index (Phi) is 4.71. The smallest absolute Gasteiger partial charge is 0.235 e. The molecule has 5 rings (SSSR count). The van der Waals surface area contributed by atoms with Crippen LogP contribution in [0, 0.1) is 0 Å². The Balaban J connectivity index is 1.67. The lowest BCUT2D eigenvalue weighted by molar-refractivity contribution is -0.0402. The number of ether oxygens (including phenoxy) is 2. The highest BCUT2D eigenvalue weighted by Crippen LogP contribution is 2.43. The summed E-state index contributed by atoms with van der Waals surface area (Å²) in [7, 11) is 0. The fraction of sp³-hybridized carbons (Fsp3) is 0.375. The van der Waals surface area contributed by atoms with Gasteiger partial charge in [-0.1, -0.05) is 44.2 Å². The van der Waals surface area contributed by atoms with Gasteiger partial charge >= 0.3 is 0 Å². The molecule has 1 aliphatic rings. The normalized spacial score (nSPS) is 15.6. The molecule has 6 heteroatoms. The molecule has 4 heterocycles. The Morgan fingerprint density at radius 3 is 2.70 bits per heavy atom. The average molecular weight is 420 g/mol. The predicted molar refractivity (Wildman–Crippen MR) is 120 cm³/mol. The Morgan fingerprint density at radius 1 is 1.13 bits per heavy atom. The number of aromatic nitrogens is 3. The fourth-order valence-electron chi connectivity index (χ4n) is 4.12. The second-order valence-corrected chi connectivity index (χ2v) is 9.75. The fourth-order valence-corrected chi connectivity index (χ4v) is 5.23. The number of thiophene rings is 1. The Bertz CT molecular complexity index is 1230. The van der Waals surface area contributed by atoms with Gasteiger partial charge in [-0.05, 0) is 30.9 Å². The van der Waals surface area contributed by atoms with Gasteiger partial charge < -0.3 is 9.47 Å². The molecule has 0 N–H and O–H groups in total. The largest absolute Gasteiger partial charge is 0.472 e. The first kappa shape index (κ1) is 19.4. The number of rotatable bonds is 4. The summed E-state index contributed by atoms with van der Waals surface area (Å²) in [6, 6.07) is 10.1. The number of benzene rings is 1. The van der Waals surface area contributed by atoms with Crippen molar-refractivity contribution in [1.29, 1.82) is 0 Å². The van der Waals surface area contributed by atoms with Crippen molar-refractivity contribution in [3.63, 3.8) is 0 Å². The SMILES string of the molecule is CC(C)c1nc2sc3c(OCc4ccccc4)ncnc3c2c2c1COC(C)(C)C2. The van der Waals surface area contributed by atoms with Gasteiger partial charge in [0.1, 0.15) is 22.5 Å². The van der Waals surface area contributed by atoms with E-state index in [1.165, 1.54) is 11.1 Å². The van der Waals surface area contributed by atoms with Crippen molar-refractivity contribution in [3.05, 3.63) is 59.0 Å². The van der Waals surface area contributed by atoms with Crippen molar-refractivity contribution in [2.75, 3.05) is 0 Å². The van der Waals surface area contributed by atoms with E-state index in [1.807, 2.05) is 18.2 Å².